The number of nitrogens with one attached hydrogen (secondary N) is 1. The van der Waals surface area contributed by atoms with Gasteiger partial charge in [-0.1, -0.05) is 50.2 Å². The zero-order valence-corrected chi connectivity index (χ0v) is 11.6. The Balaban J connectivity index is 2.24. The largest absolute Gasteiger partial charge is 0.355 e. The molecule has 2 rings (SSSR count). The Morgan fingerprint density at radius 3 is 1.79 bits per heavy atom. The Hall–Kier alpha value is -2.09. The molecule has 0 aliphatic carbocycles. The van der Waals surface area contributed by atoms with Crippen molar-refractivity contribution < 1.29 is 4.79 Å². The van der Waals surface area contributed by atoms with Crippen LogP contribution in [0.15, 0.2) is 48.5 Å². The van der Waals surface area contributed by atoms with E-state index in [0.717, 1.165) is 5.56 Å². The summed E-state index contributed by atoms with van der Waals surface area (Å²) in [5, 5.41) is 2.62. The van der Waals surface area contributed by atoms with Gasteiger partial charge < -0.3 is 5.32 Å². The van der Waals surface area contributed by atoms with E-state index in [1.54, 1.807) is 7.05 Å². The molecule has 2 nitrogen and oxygen atoms in total. The van der Waals surface area contributed by atoms with E-state index in [9.17, 15) is 4.79 Å². The van der Waals surface area contributed by atoms with E-state index in [0.29, 0.717) is 11.5 Å². The summed E-state index contributed by atoms with van der Waals surface area (Å²) in [6, 6.07) is 16.2. The van der Waals surface area contributed by atoms with Gasteiger partial charge in [-0.15, -0.1) is 0 Å². The van der Waals surface area contributed by atoms with E-state index in [4.69, 9.17) is 0 Å². The first-order chi connectivity index (χ1) is 9.11. The first kappa shape index (κ1) is 13.3. The fourth-order valence-electron chi connectivity index (χ4n) is 2.02. The van der Waals surface area contributed by atoms with Gasteiger partial charge in [0.25, 0.3) is 5.91 Å². The van der Waals surface area contributed by atoms with E-state index in [1.165, 1.54) is 11.1 Å². The average Bonchev–Trinajstić information content (AvgIpc) is 2.46. The molecular formula is C17H19NO. The topological polar surface area (TPSA) is 29.1 Å². The Morgan fingerprint density at radius 2 is 1.37 bits per heavy atom. The van der Waals surface area contributed by atoms with Crippen molar-refractivity contribution in [3.63, 3.8) is 0 Å². The molecule has 0 saturated heterocycles. The van der Waals surface area contributed by atoms with E-state index in [-0.39, 0.29) is 5.91 Å². The van der Waals surface area contributed by atoms with Crippen molar-refractivity contribution in [1.82, 2.24) is 5.32 Å². The molecule has 2 aromatic carbocycles. The normalized spacial score (nSPS) is 10.5. The zero-order chi connectivity index (χ0) is 13.8. The predicted molar refractivity (Wildman–Crippen MR) is 79.4 cm³/mol. The molecule has 0 heterocycles. The molecule has 0 radical (unpaired) electrons. The highest BCUT2D eigenvalue weighted by Crippen LogP contribution is 2.23. The zero-order valence-electron chi connectivity index (χ0n) is 11.6. The summed E-state index contributed by atoms with van der Waals surface area (Å²) in [7, 11) is 1.64. The van der Waals surface area contributed by atoms with Gasteiger partial charge in [0.2, 0.25) is 0 Å². The van der Waals surface area contributed by atoms with Crippen LogP contribution >= 0.6 is 0 Å². The lowest BCUT2D eigenvalue weighted by molar-refractivity contribution is 0.0963. The molecule has 0 unspecified atom stereocenters. The minimum Gasteiger partial charge on any atom is -0.355 e. The Kier molecular flexibility index (Phi) is 4.00. The molecular weight excluding hydrogens is 234 g/mol. The van der Waals surface area contributed by atoms with Crippen LogP contribution in [0, 0.1) is 0 Å². The Morgan fingerprint density at radius 1 is 0.895 bits per heavy atom. The van der Waals surface area contributed by atoms with Gasteiger partial charge in [0.1, 0.15) is 0 Å². The van der Waals surface area contributed by atoms with E-state index < -0.39 is 0 Å². The van der Waals surface area contributed by atoms with Gasteiger partial charge in [-0.05, 0) is 34.7 Å². The first-order valence-electron chi connectivity index (χ1n) is 6.54. The Labute approximate surface area is 114 Å². The van der Waals surface area contributed by atoms with Gasteiger partial charge in [-0.25, -0.2) is 0 Å². The standard InChI is InChI=1S/C17H19NO/c1-12(2)13-4-6-14(7-5-13)15-8-10-16(11-9-15)17(19)18-3/h4-12H,1-3H3,(H,18,19). The predicted octanol–water partition coefficient (Wildman–Crippen LogP) is 3.84. The SMILES string of the molecule is CNC(=O)c1ccc(-c2ccc(C(C)C)cc2)cc1. The van der Waals surface area contributed by atoms with E-state index in [2.05, 4.69) is 43.4 Å². The van der Waals surface area contributed by atoms with Crippen LogP contribution in [0.2, 0.25) is 0 Å². The van der Waals surface area contributed by atoms with Crippen molar-refractivity contribution >= 4 is 5.91 Å². The molecule has 19 heavy (non-hydrogen) atoms. The highest BCUT2D eigenvalue weighted by molar-refractivity contribution is 5.94. The lowest BCUT2D eigenvalue weighted by Gasteiger charge is -2.07. The molecule has 2 aromatic rings. The number of carbonyl (C=O) groups is 1. The minimum absolute atomic E-state index is 0.0540. The van der Waals surface area contributed by atoms with Gasteiger partial charge in [0.15, 0.2) is 0 Å². The van der Waals surface area contributed by atoms with Gasteiger partial charge in [-0.2, -0.15) is 0 Å². The van der Waals surface area contributed by atoms with Crippen molar-refractivity contribution in [3.05, 3.63) is 59.7 Å². The van der Waals surface area contributed by atoms with Crippen molar-refractivity contribution in [2.24, 2.45) is 0 Å². The van der Waals surface area contributed by atoms with E-state index in [1.807, 2.05) is 24.3 Å². The second-order valence-corrected chi connectivity index (χ2v) is 4.93. The number of amides is 1. The summed E-state index contributed by atoms with van der Waals surface area (Å²) in [6.07, 6.45) is 0. The number of carbonyl (C=O) groups excluding carboxylic acids is 1. The summed E-state index contributed by atoms with van der Waals surface area (Å²) in [5.41, 5.74) is 4.33. The van der Waals surface area contributed by atoms with Crippen LogP contribution in [-0.4, -0.2) is 13.0 Å². The molecule has 0 fully saturated rings. The minimum atomic E-state index is -0.0540. The highest BCUT2D eigenvalue weighted by atomic mass is 16.1. The van der Waals surface area contributed by atoms with Crippen LogP contribution in [0.4, 0.5) is 0 Å². The number of rotatable bonds is 3. The smallest absolute Gasteiger partial charge is 0.251 e. The monoisotopic (exact) mass is 253 g/mol. The van der Waals surface area contributed by atoms with E-state index >= 15 is 0 Å². The molecule has 0 saturated carbocycles. The maximum absolute atomic E-state index is 11.5. The van der Waals surface area contributed by atoms with Gasteiger partial charge in [-0.3, -0.25) is 4.79 Å². The van der Waals surface area contributed by atoms with Crippen molar-refractivity contribution in [3.8, 4) is 11.1 Å². The molecule has 2 heteroatoms. The van der Waals surface area contributed by atoms with Crippen molar-refractivity contribution in [2.75, 3.05) is 7.05 Å². The molecule has 0 aromatic heterocycles. The molecule has 0 bridgehead atoms. The van der Waals surface area contributed by atoms with Gasteiger partial charge >= 0.3 is 0 Å². The summed E-state index contributed by atoms with van der Waals surface area (Å²) in [5.74, 6) is 0.492. The molecule has 1 amide bonds. The summed E-state index contributed by atoms with van der Waals surface area (Å²) < 4.78 is 0. The third-order valence-corrected chi connectivity index (χ3v) is 3.28. The maximum atomic E-state index is 11.5. The lowest BCUT2D eigenvalue weighted by Crippen LogP contribution is -2.17. The second-order valence-electron chi connectivity index (χ2n) is 4.93. The van der Waals surface area contributed by atoms with Crippen LogP contribution < -0.4 is 5.32 Å². The third-order valence-electron chi connectivity index (χ3n) is 3.28. The van der Waals surface area contributed by atoms with Crippen molar-refractivity contribution in [1.29, 1.82) is 0 Å². The molecule has 0 aliphatic heterocycles. The van der Waals surface area contributed by atoms with Gasteiger partial charge in [0.05, 0.1) is 0 Å². The van der Waals surface area contributed by atoms with Crippen LogP contribution in [0.25, 0.3) is 11.1 Å². The van der Waals surface area contributed by atoms with Crippen molar-refractivity contribution in [2.45, 2.75) is 19.8 Å². The molecule has 0 atom stereocenters. The summed E-state index contributed by atoms with van der Waals surface area (Å²) >= 11 is 0. The van der Waals surface area contributed by atoms with Gasteiger partial charge in [0, 0.05) is 12.6 Å². The highest BCUT2D eigenvalue weighted by Gasteiger charge is 2.04. The maximum Gasteiger partial charge on any atom is 0.251 e. The fourth-order valence-corrected chi connectivity index (χ4v) is 2.02. The quantitative estimate of drug-likeness (QED) is 0.884. The summed E-state index contributed by atoms with van der Waals surface area (Å²) in [4.78, 5) is 11.5. The molecule has 0 aliphatic rings. The van der Waals surface area contributed by atoms with Crippen LogP contribution in [-0.2, 0) is 0 Å². The molecule has 1 N–H and O–H groups in total. The number of benzene rings is 2. The van der Waals surface area contributed by atoms with Crippen LogP contribution in [0.5, 0.6) is 0 Å². The average molecular weight is 253 g/mol. The third kappa shape index (κ3) is 3.02. The first-order valence-corrected chi connectivity index (χ1v) is 6.54. The molecule has 98 valence electrons. The lowest BCUT2D eigenvalue weighted by atomic mass is 9.98. The van der Waals surface area contributed by atoms with Crippen LogP contribution in [0.1, 0.15) is 35.7 Å². The second kappa shape index (κ2) is 5.70. The van der Waals surface area contributed by atoms with Crippen LogP contribution in [0.3, 0.4) is 0 Å². The number of hydrogen-bond acceptors (Lipinski definition) is 1. The summed E-state index contributed by atoms with van der Waals surface area (Å²) in [6.45, 7) is 4.38. The molecule has 0 spiro atoms. The Bertz CT molecular complexity index is 553. The fraction of sp³-hybridized carbons (Fsp3) is 0.235. The number of hydrogen-bond donors (Lipinski definition) is 1.